The number of amides is 1. The van der Waals surface area contributed by atoms with Crippen LogP contribution in [-0.4, -0.2) is 35.0 Å². The molecule has 88 valence electrons. The molecule has 0 fully saturated rings. The number of carbonyl (C=O) groups excluding carboxylic acids is 1. The Kier molecular flexibility index (Phi) is 8.18. The van der Waals surface area contributed by atoms with Crippen molar-refractivity contribution in [1.29, 1.82) is 0 Å². The molecule has 0 bridgehead atoms. The van der Waals surface area contributed by atoms with Gasteiger partial charge in [0, 0.05) is 13.0 Å². The third-order valence-corrected chi connectivity index (χ3v) is 2.92. The SMILES string of the molecule is CCCSCC(=O)NCC(C)CC(=O)O. The monoisotopic (exact) mass is 233 g/mol. The number of carboxylic acid groups (broad SMARTS) is 1. The second-order valence-corrected chi connectivity index (χ2v) is 4.66. The lowest BCUT2D eigenvalue weighted by Gasteiger charge is -2.09. The van der Waals surface area contributed by atoms with Crippen LogP contribution in [-0.2, 0) is 9.59 Å². The van der Waals surface area contributed by atoms with Gasteiger partial charge in [0.2, 0.25) is 5.91 Å². The number of nitrogens with one attached hydrogen (secondary N) is 1. The Hall–Kier alpha value is -0.710. The first-order chi connectivity index (χ1) is 7.06. The molecule has 1 atom stereocenters. The van der Waals surface area contributed by atoms with Crippen LogP contribution in [0.5, 0.6) is 0 Å². The van der Waals surface area contributed by atoms with Crippen molar-refractivity contribution in [3.05, 3.63) is 0 Å². The minimum absolute atomic E-state index is 0.00862. The van der Waals surface area contributed by atoms with Crippen LogP contribution in [0.3, 0.4) is 0 Å². The van der Waals surface area contributed by atoms with E-state index in [2.05, 4.69) is 12.2 Å². The summed E-state index contributed by atoms with van der Waals surface area (Å²) < 4.78 is 0. The molecule has 0 saturated carbocycles. The van der Waals surface area contributed by atoms with E-state index in [1.165, 1.54) is 0 Å². The van der Waals surface area contributed by atoms with Crippen LogP contribution >= 0.6 is 11.8 Å². The van der Waals surface area contributed by atoms with E-state index in [4.69, 9.17) is 5.11 Å². The smallest absolute Gasteiger partial charge is 0.303 e. The lowest BCUT2D eigenvalue weighted by Crippen LogP contribution is -2.30. The van der Waals surface area contributed by atoms with Gasteiger partial charge in [0.15, 0.2) is 0 Å². The van der Waals surface area contributed by atoms with Gasteiger partial charge in [-0.2, -0.15) is 11.8 Å². The fourth-order valence-electron chi connectivity index (χ4n) is 1.02. The number of carbonyl (C=O) groups is 2. The van der Waals surface area contributed by atoms with Gasteiger partial charge in [-0.15, -0.1) is 0 Å². The molecule has 1 unspecified atom stereocenters. The maximum absolute atomic E-state index is 11.2. The zero-order valence-corrected chi connectivity index (χ0v) is 10.1. The second-order valence-electron chi connectivity index (χ2n) is 3.56. The summed E-state index contributed by atoms with van der Waals surface area (Å²) in [6.07, 6.45) is 1.16. The van der Waals surface area contributed by atoms with Gasteiger partial charge in [0.1, 0.15) is 0 Å². The maximum atomic E-state index is 11.2. The third-order valence-electron chi connectivity index (χ3n) is 1.75. The number of carboxylic acids is 1. The predicted molar refractivity (Wildman–Crippen MR) is 62.0 cm³/mol. The molecular formula is C10H19NO3S. The van der Waals surface area contributed by atoms with E-state index in [-0.39, 0.29) is 18.2 Å². The van der Waals surface area contributed by atoms with Gasteiger partial charge < -0.3 is 10.4 Å². The normalized spacial score (nSPS) is 12.1. The van der Waals surface area contributed by atoms with Crippen LogP contribution in [0, 0.1) is 5.92 Å². The largest absolute Gasteiger partial charge is 0.481 e. The van der Waals surface area contributed by atoms with Gasteiger partial charge in [-0.1, -0.05) is 13.8 Å². The summed E-state index contributed by atoms with van der Waals surface area (Å²) in [5.74, 6) is 0.608. The number of hydrogen-bond acceptors (Lipinski definition) is 3. The quantitative estimate of drug-likeness (QED) is 0.621. The van der Waals surface area contributed by atoms with Crippen LogP contribution in [0.1, 0.15) is 26.7 Å². The molecule has 1 amide bonds. The predicted octanol–water partition coefficient (Wildman–Crippen LogP) is 1.36. The standard InChI is InChI=1S/C10H19NO3S/c1-3-4-15-7-9(12)11-6-8(2)5-10(13)14/h8H,3-7H2,1-2H3,(H,11,12)(H,13,14). The Morgan fingerprint density at radius 3 is 2.67 bits per heavy atom. The summed E-state index contributed by atoms with van der Waals surface area (Å²) in [7, 11) is 0. The summed E-state index contributed by atoms with van der Waals surface area (Å²) in [6, 6.07) is 0. The first kappa shape index (κ1) is 14.3. The summed E-state index contributed by atoms with van der Waals surface area (Å²) in [5.41, 5.74) is 0. The fraction of sp³-hybridized carbons (Fsp3) is 0.800. The molecule has 0 rings (SSSR count). The van der Waals surface area contributed by atoms with Crippen LogP contribution in [0.2, 0.25) is 0 Å². The van der Waals surface area contributed by atoms with Crippen molar-refractivity contribution in [2.45, 2.75) is 26.7 Å². The highest BCUT2D eigenvalue weighted by Crippen LogP contribution is 2.02. The van der Waals surface area contributed by atoms with Crippen molar-refractivity contribution in [3.63, 3.8) is 0 Å². The van der Waals surface area contributed by atoms with E-state index in [0.717, 1.165) is 12.2 Å². The van der Waals surface area contributed by atoms with E-state index in [9.17, 15) is 9.59 Å². The average Bonchev–Trinajstić information content (AvgIpc) is 2.14. The van der Waals surface area contributed by atoms with E-state index in [1.54, 1.807) is 11.8 Å². The Bertz CT molecular complexity index is 209. The van der Waals surface area contributed by atoms with Gasteiger partial charge in [0.05, 0.1) is 5.75 Å². The van der Waals surface area contributed by atoms with Gasteiger partial charge in [-0.3, -0.25) is 9.59 Å². The second kappa shape index (κ2) is 8.59. The molecule has 0 radical (unpaired) electrons. The lowest BCUT2D eigenvalue weighted by atomic mass is 10.1. The van der Waals surface area contributed by atoms with Crippen molar-refractivity contribution in [2.75, 3.05) is 18.1 Å². The Morgan fingerprint density at radius 2 is 2.13 bits per heavy atom. The maximum Gasteiger partial charge on any atom is 0.303 e. The van der Waals surface area contributed by atoms with E-state index >= 15 is 0 Å². The summed E-state index contributed by atoms with van der Waals surface area (Å²) in [6.45, 7) is 4.32. The molecule has 2 N–H and O–H groups in total. The minimum atomic E-state index is -0.822. The van der Waals surface area contributed by atoms with Gasteiger partial charge in [0.25, 0.3) is 0 Å². The van der Waals surface area contributed by atoms with Gasteiger partial charge in [-0.25, -0.2) is 0 Å². The van der Waals surface area contributed by atoms with E-state index < -0.39 is 5.97 Å². The Labute approximate surface area is 94.8 Å². The van der Waals surface area contributed by atoms with Crippen molar-refractivity contribution >= 4 is 23.6 Å². The van der Waals surface area contributed by atoms with E-state index in [1.807, 2.05) is 6.92 Å². The summed E-state index contributed by atoms with van der Waals surface area (Å²) >= 11 is 1.60. The van der Waals surface area contributed by atoms with Crippen molar-refractivity contribution < 1.29 is 14.7 Å². The molecule has 0 aromatic heterocycles. The zero-order chi connectivity index (χ0) is 11.7. The molecule has 4 nitrogen and oxygen atoms in total. The first-order valence-electron chi connectivity index (χ1n) is 5.12. The molecule has 0 aliphatic rings. The molecule has 0 spiro atoms. The molecule has 0 saturated heterocycles. The number of rotatable bonds is 8. The van der Waals surface area contributed by atoms with Gasteiger partial charge >= 0.3 is 5.97 Å². The lowest BCUT2D eigenvalue weighted by molar-refractivity contribution is -0.138. The third kappa shape index (κ3) is 9.59. The molecule has 0 aromatic carbocycles. The summed E-state index contributed by atoms with van der Waals surface area (Å²) in [4.78, 5) is 21.6. The Balaban J connectivity index is 3.48. The van der Waals surface area contributed by atoms with Crippen LogP contribution < -0.4 is 5.32 Å². The Morgan fingerprint density at radius 1 is 1.47 bits per heavy atom. The number of aliphatic carboxylic acids is 1. The zero-order valence-electron chi connectivity index (χ0n) is 9.28. The van der Waals surface area contributed by atoms with Crippen LogP contribution in [0.4, 0.5) is 0 Å². The molecule has 0 aliphatic carbocycles. The van der Waals surface area contributed by atoms with Crippen molar-refractivity contribution in [3.8, 4) is 0 Å². The highest BCUT2D eigenvalue weighted by atomic mass is 32.2. The van der Waals surface area contributed by atoms with Crippen molar-refractivity contribution in [1.82, 2.24) is 5.32 Å². The molecule has 0 heterocycles. The highest BCUT2D eigenvalue weighted by Gasteiger charge is 2.08. The minimum Gasteiger partial charge on any atom is -0.481 e. The van der Waals surface area contributed by atoms with E-state index in [0.29, 0.717) is 12.3 Å². The number of hydrogen-bond donors (Lipinski definition) is 2. The summed E-state index contributed by atoms with van der Waals surface area (Å²) in [5, 5.41) is 11.2. The van der Waals surface area contributed by atoms with Crippen LogP contribution in [0.25, 0.3) is 0 Å². The van der Waals surface area contributed by atoms with Crippen molar-refractivity contribution in [2.24, 2.45) is 5.92 Å². The molecule has 0 aromatic rings. The number of thioether (sulfide) groups is 1. The highest BCUT2D eigenvalue weighted by molar-refractivity contribution is 7.99. The van der Waals surface area contributed by atoms with Crippen LogP contribution in [0.15, 0.2) is 0 Å². The molecule has 15 heavy (non-hydrogen) atoms. The molecule has 0 aliphatic heterocycles. The molecular weight excluding hydrogens is 214 g/mol. The fourth-order valence-corrected chi connectivity index (χ4v) is 1.74. The van der Waals surface area contributed by atoms with Gasteiger partial charge in [-0.05, 0) is 18.1 Å². The first-order valence-corrected chi connectivity index (χ1v) is 6.28. The average molecular weight is 233 g/mol. The molecule has 5 heteroatoms. The topological polar surface area (TPSA) is 66.4 Å².